The molecule has 14 rings (SSSR count). The van der Waals surface area contributed by atoms with Gasteiger partial charge in [-0.3, -0.25) is 0 Å². The van der Waals surface area contributed by atoms with E-state index in [4.69, 9.17) is 4.74 Å². The molecule has 0 aromatic heterocycles. The van der Waals surface area contributed by atoms with Crippen LogP contribution in [0.3, 0.4) is 0 Å². The van der Waals surface area contributed by atoms with Crippen molar-refractivity contribution in [3.8, 4) is 0 Å². The molecule has 654 valence electrons. The topological polar surface area (TPSA) is 26.3 Å². The average molecular weight is 1590 g/mol. The lowest BCUT2D eigenvalue weighted by Gasteiger charge is -2.30. The highest BCUT2D eigenvalue weighted by Gasteiger charge is 2.48. The molecule has 1 heterocycles. The van der Waals surface area contributed by atoms with Crippen LogP contribution in [0, 0.1) is 0 Å². The molecule has 0 amide bonds. The van der Waals surface area contributed by atoms with Gasteiger partial charge in [-0.25, -0.2) is 4.79 Å². The Morgan fingerprint density at radius 3 is 0.534 bits per heavy atom. The summed E-state index contributed by atoms with van der Waals surface area (Å²) in [4.78, 5) is 12.4. The summed E-state index contributed by atoms with van der Waals surface area (Å²) >= 11 is 0. The first-order valence-corrected chi connectivity index (χ1v) is 41.0. The Kier molecular flexibility index (Phi) is 144. The van der Waals surface area contributed by atoms with Crippen LogP contribution in [0.15, 0.2) is 394 Å². The third kappa shape index (κ3) is 66.4. The van der Waals surface area contributed by atoms with E-state index in [0.29, 0.717) is 5.56 Å². The van der Waals surface area contributed by atoms with Crippen LogP contribution in [0.25, 0.3) is 0 Å². The number of ether oxygens (including phenoxy) is 1. The van der Waals surface area contributed by atoms with E-state index < -0.39 is 5.60 Å². The maximum Gasteiger partial charge on any atom is 0.340 e. The molecule has 0 radical (unpaired) electrons. The van der Waals surface area contributed by atoms with Crippen molar-refractivity contribution < 1.29 is 9.53 Å². The second-order valence-electron chi connectivity index (χ2n) is 19.7. The van der Waals surface area contributed by atoms with Gasteiger partial charge in [0, 0.05) is 22.1 Å². The molecule has 2 heteroatoms. The number of benzene rings is 12. The number of carbonyl (C=O) groups is 1. The normalized spacial score (nSPS) is 10.3. The zero-order valence-corrected chi connectivity index (χ0v) is 73.6. The van der Waals surface area contributed by atoms with Gasteiger partial charge in [-0.1, -0.05) is 648 Å². The van der Waals surface area contributed by atoms with Crippen molar-refractivity contribution in [3.05, 3.63) is 433 Å². The minimum atomic E-state index is -0.865. The molecular formula is C114H186O2. The molecule has 12 aromatic rings. The fourth-order valence-corrected chi connectivity index (χ4v) is 9.54. The van der Waals surface area contributed by atoms with E-state index in [9.17, 15) is 4.79 Å². The summed E-state index contributed by atoms with van der Waals surface area (Å²) in [5.74, 6) is -0.275. The summed E-state index contributed by atoms with van der Waals surface area (Å²) in [6.45, 7) is 59.1. The molecule has 2 aliphatic rings. The van der Waals surface area contributed by atoms with Gasteiger partial charge < -0.3 is 4.74 Å². The first kappa shape index (κ1) is 144. The monoisotopic (exact) mass is 1590 g/mol. The number of carbonyl (C=O) groups excluding carboxylic acids is 1. The van der Waals surface area contributed by atoms with Crippen molar-refractivity contribution in [2.75, 3.05) is 0 Å². The van der Waals surface area contributed by atoms with Gasteiger partial charge in [0.15, 0.2) is 5.60 Å². The van der Waals surface area contributed by atoms with Gasteiger partial charge in [0.25, 0.3) is 0 Å². The largest absolute Gasteiger partial charge is 0.441 e. The smallest absolute Gasteiger partial charge is 0.340 e. The lowest BCUT2D eigenvalue weighted by molar-refractivity contribution is 0.0251. The first-order valence-electron chi connectivity index (χ1n) is 41.0. The van der Waals surface area contributed by atoms with Gasteiger partial charge in [-0.05, 0) is 34.6 Å². The number of fused-ring (bicyclic) bond motifs is 2. The predicted molar refractivity (Wildman–Crippen MR) is 548 cm³/mol. The maximum absolute atomic E-state index is 12.4. The van der Waals surface area contributed by atoms with Crippen molar-refractivity contribution in [3.63, 3.8) is 0 Å². The van der Waals surface area contributed by atoms with E-state index in [1.165, 1.54) is 23.1 Å². The van der Waals surface area contributed by atoms with Gasteiger partial charge in [0.05, 0.1) is 5.56 Å². The summed E-state index contributed by atoms with van der Waals surface area (Å²) in [6, 6.07) is 131. The highest BCUT2D eigenvalue weighted by Crippen LogP contribution is 2.52. The van der Waals surface area contributed by atoms with Crippen LogP contribution >= 0.6 is 0 Å². The fourth-order valence-electron chi connectivity index (χ4n) is 9.54. The Morgan fingerprint density at radius 1 is 0.190 bits per heavy atom. The summed E-state index contributed by atoms with van der Waals surface area (Å²) in [6.07, 6.45) is 1.18. The number of hydrogen-bond acceptors (Lipinski definition) is 2. The van der Waals surface area contributed by atoms with E-state index in [0.717, 1.165) is 16.7 Å². The quantitative estimate of drug-likeness (QED) is 0.165. The lowest BCUT2D eigenvalue weighted by atomic mass is 9.75. The van der Waals surface area contributed by atoms with Crippen LogP contribution in [0.5, 0.6) is 0 Å². The number of esters is 1. The molecule has 12 aromatic carbocycles. The van der Waals surface area contributed by atoms with Gasteiger partial charge in [0.2, 0.25) is 0 Å². The van der Waals surface area contributed by atoms with E-state index >= 15 is 0 Å². The Hall–Kier alpha value is -9.89. The summed E-state index contributed by atoms with van der Waals surface area (Å²) in [7, 11) is 0. The fraction of sp³-hybridized carbons (Fsp3) is 0.360. The highest BCUT2D eigenvalue weighted by atomic mass is 16.6. The molecule has 116 heavy (non-hydrogen) atoms. The van der Waals surface area contributed by atoms with E-state index in [-0.39, 0.29) is 76.2 Å². The Balaban J connectivity index is -0.0000000690. The molecule has 1 atom stereocenters. The standard InChI is InChI=1S/C20H14O2.C18H20.7C6H6.13C2H6.8CH4/c21-19-17-13-7-8-14-18(17)20(22-19,15-9-3-1-4-10-15)16-11-5-2-6-12-16;1-17(2)13-18(3,14-9-5-4-6-10-14)16-12-8-7-11-15(16)17;7*1-2-4-6-5-3-1;13*1-2;;;;;;;;/h1-14H;4-12H,13H2,1-3H3;7*1-6H;13*1-2H3;8*1H4. The van der Waals surface area contributed by atoms with Crippen molar-refractivity contribution in [1.82, 2.24) is 0 Å². The van der Waals surface area contributed by atoms with Crippen molar-refractivity contribution in [2.24, 2.45) is 0 Å². The minimum absolute atomic E-state index is 0. The zero-order valence-electron chi connectivity index (χ0n) is 73.6. The number of cyclic esters (lactones) is 1. The molecular weight excluding hydrogens is 1400 g/mol. The van der Waals surface area contributed by atoms with E-state index in [1.54, 1.807) is 0 Å². The molecule has 0 bridgehead atoms. The van der Waals surface area contributed by atoms with Gasteiger partial charge in [-0.2, -0.15) is 0 Å². The Morgan fingerprint density at radius 2 is 0.336 bits per heavy atom. The van der Waals surface area contributed by atoms with Gasteiger partial charge in [0.1, 0.15) is 0 Å². The highest BCUT2D eigenvalue weighted by molar-refractivity contribution is 5.96. The Labute approximate surface area is 727 Å². The molecule has 2 nitrogen and oxygen atoms in total. The van der Waals surface area contributed by atoms with E-state index in [2.05, 4.69) is 75.4 Å². The third-order valence-electron chi connectivity index (χ3n) is 13.3. The van der Waals surface area contributed by atoms with Crippen molar-refractivity contribution in [1.29, 1.82) is 0 Å². The maximum atomic E-state index is 12.4. The van der Waals surface area contributed by atoms with Crippen LogP contribution in [0.4, 0.5) is 0 Å². The summed E-state index contributed by atoms with van der Waals surface area (Å²) in [5.41, 5.74) is 7.45. The second-order valence-corrected chi connectivity index (χ2v) is 19.7. The molecule has 0 saturated carbocycles. The van der Waals surface area contributed by atoms with E-state index in [1.807, 2.05) is 520 Å². The molecule has 0 N–H and O–H groups in total. The minimum Gasteiger partial charge on any atom is -0.441 e. The summed E-state index contributed by atoms with van der Waals surface area (Å²) < 4.78 is 5.95. The summed E-state index contributed by atoms with van der Waals surface area (Å²) in [5, 5.41) is 0. The van der Waals surface area contributed by atoms with Gasteiger partial charge in [-0.15, -0.1) is 0 Å². The zero-order chi connectivity index (χ0) is 83.5. The molecule has 0 fully saturated rings. The number of hydrogen-bond donors (Lipinski definition) is 0. The molecule has 1 aliphatic heterocycles. The second kappa shape index (κ2) is 116. The third-order valence-corrected chi connectivity index (χ3v) is 13.3. The van der Waals surface area contributed by atoms with Crippen LogP contribution in [-0.2, 0) is 21.2 Å². The average Bonchev–Trinajstić information content (AvgIpc) is 1.58. The predicted octanol–water partition coefficient (Wildman–Crippen LogP) is 39.1. The molecule has 0 saturated heterocycles. The lowest BCUT2D eigenvalue weighted by Crippen LogP contribution is -2.29. The SMILES string of the molecule is C.C.C.C.C.C.C.C.CC.CC.CC.CC.CC.CC.CC.CC.CC.CC.CC.CC.CC.CC1(C)CC(C)(c2ccccc2)c2ccccc21.O=C1OC(c2ccccc2)(c2ccccc2)c2ccccc21.c1ccccc1.c1ccccc1.c1ccccc1.c1ccccc1.c1ccccc1.c1ccccc1.c1ccccc1. The molecule has 0 spiro atoms. The molecule has 1 aliphatic carbocycles. The number of rotatable bonds is 3. The van der Waals surface area contributed by atoms with Crippen LogP contribution in [-0.4, -0.2) is 5.97 Å². The Bertz CT molecular complexity index is 2880. The van der Waals surface area contributed by atoms with Crippen LogP contribution < -0.4 is 0 Å². The molecule has 1 unspecified atom stereocenters. The van der Waals surface area contributed by atoms with Crippen molar-refractivity contribution >= 4 is 5.97 Å². The first-order chi connectivity index (χ1) is 53.4. The van der Waals surface area contributed by atoms with Crippen LogP contribution in [0.2, 0.25) is 0 Å². The van der Waals surface area contributed by atoms with Crippen LogP contribution in [0.1, 0.15) is 310 Å². The van der Waals surface area contributed by atoms with Crippen molar-refractivity contribution in [2.45, 2.75) is 283 Å². The van der Waals surface area contributed by atoms with Gasteiger partial charge >= 0.3 is 5.97 Å².